The maximum atomic E-state index is 14.1. The molecule has 4 N–H and O–H groups in total. The lowest BCUT2D eigenvalue weighted by molar-refractivity contribution is -0.137. The van der Waals surface area contributed by atoms with E-state index in [1.165, 1.54) is 12.3 Å². The van der Waals surface area contributed by atoms with Crippen LogP contribution in [-0.2, 0) is 16.1 Å². The second kappa shape index (κ2) is 9.39. The highest BCUT2D eigenvalue weighted by atomic mass is 19.1. The molecule has 11 heteroatoms. The first-order valence-corrected chi connectivity index (χ1v) is 12.6. The first-order valence-electron chi connectivity index (χ1n) is 12.6. The highest BCUT2D eigenvalue weighted by Crippen LogP contribution is 2.47. The number of halogens is 1. The molecule has 1 atom stereocenters. The minimum absolute atomic E-state index is 0.154. The van der Waals surface area contributed by atoms with Gasteiger partial charge in [0.15, 0.2) is 13.2 Å². The molecule has 0 spiro atoms. The summed E-state index contributed by atoms with van der Waals surface area (Å²) in [5, 5.41) is 23.8. The monoisotopic (exact) mass is 521 g/mol. The van der Waals surface area contributed by atoms with E-state index in [0.29, 0.717) is 55.3 Å². The van der Waals surface area contributed by atoms with Gasteiger partial charge in [0.25, 0.3) is 11.8 Å². The van der Waals surface area contributed by atoms with Gasteiger partial charge in [0.05, 0.1) is 35.3 Å². The number of aromatic nitrogens is 2. The number of rotatable bonds is 8. The molecule has 198 valence electrons. The van der Waals surface area contributed by atoms with Crippen LogP contribution >= 0.6 is 0 Å². The molecule has 2 amide bonds. The summed E-state index contributed by atoms with van der Waals surface area (Å²) in [5.74, 6) is -0.316. The average molecular weight is 522 g/mol. The largest absolute Gasteiger partial charge is 0.484 e. The quantitative estimate of drug-likeness (QED) is 0.358. The third-order valence-corrected chi connectivity index (χ3v) is 7.94. The van der Waals surface area contributed by atoms with Crippen molar-refractivity contribution in [3.05, 3.63) is 53.5 Å². The van der Waals surface area contributed by atoms with Crippen LogP contribution in [0.1, 0.15) is 43.2 Å². The van der Waals surface area contributed by atoms with Crippen LogP contribution in [0.4, 0.5) is 4.39 Å². The normalized spacial score (nSPS) is 25.3. The number of nitrogens with zero attached hydrogens (tertiary/aromatic N) is 2. The van der Waals surface area contributed by atoms with Gasteiger partial charge in [-0.2, -0.15) is 5.10 Å². The Labute approximate surface area is 217 Å². The smallest absolute Gasteiger partial charge is 0.258 e. The van der Waals surface area contributed by atoms with Crippen LogP contribution in [-0.4, -0.2) is 63.7 Å². The minimum Gasteiger partial charge on any atom is -0.484 e. The second-order valence-corrected chi connectivity index (χ2v) is 10.4. The Hall–Kier alpha value is -3.99. The zero-order chi connectivity index (χ0) is 26.3. The van der Waals surface area contributed by atoms with Crippen LogP contribution in [0.5, 0.6) is 11.5 Å². The Balaban J connectivity index is 1.00. The lowest BCUT2D eigenvalue weighted by atomic mass is 9.60. The van der Waals surface area contributed by atoms with Gasteiger partial charge in [-0.25, -0.2) is 4.39 Å². The molecule has 10 nitrogen and oxygen atoms in total. The molecule has 3 aliphatic carbocycles. The van der Waals surface area contributed by atoms with Crippen molar-refractivity contribution in [3.63, 3.8) is 0 Å². The number of ether oxygens (including phenoxy) is 2. The molecule has 0 unspecified atom stereocenters. The van der Waals surface area contributed by atoms with Gasteiger partial charge in [0, 0.05) is 23.9 Å². The summed E-state index contributed by atoms with van der Waals surface area (Å²) in [5.41, 5.74) is 1.28. The topological polar surface area (TPSA) is 138 Å². The number of carbonyl (C=O) groups is 2. The number of nitrogens with one attached hydrogen (secondary N) is 3. The summed E-state index contributed by atoms with van der Waals surface area (Å²) >= 11 is 0. The summed E-state index contributed by atoms with van der Waals surface area (Å²) in [6.45, 7) is 0.168. The Morgan fingerprint density at radius 3 is 2.61 bits per heavy atom. The van der Waals surface area contributed by atoms with Gasteiger partial charge in [-0.1, -0.05) is 0 Å². The number of hydrogen-bond donors (Lipinski definition) is 4. The van der Waals surface area contributed by atoms with E-state index >= 15 is 0 Å². The zero-order valence-corrected chi connectivity index (χ0v) is 20.6. The first-order chi connectivity index (χ1) is 18.3. The van der Waals surface area contributed by atoms with Crippen molar-refractivity contribution in [1.29, 1.82) is 0 Å². The summed E-state index contributed by atoms with van der Waals surface area (Å²) in [4.78, 5) is 29.6. The summed E-state index contributed by atoms with van der Waals surface area (Å²) < 4.78 is 25.3. The lowest BCUT2D eigenvalue weighted by Crippen LogP contribution is -2.70. The van der Waals surface area contributed by atoms with Gasteiger partial charge >= 0.3 is 0 Å². The van der Waals surface area contributed by atoms with Crippen LogP contribution in [0.25, 0.3) is 10.9 Å². The first kappa shape index (κ1) is 24.4. The van der Waals surface area contributed by atoms with E-state index in [1.807, 2.05) is 24.4 Å². The van der Waals surface area contributed by atoms with Gasteiger partial charge in [-0.15, -0.1) is 0 Å². The number of amides is 2. The van der Waals surface area contributed by atoms with E-state index in [1.54, 1.807) is 6.07 Å². The van der Waals surface area contributed by atoms with E-state index in [2.05, 4.69) is 25.8 Å². The van der Waals surface area contributed by atoms with Gasteiger partial charge in [-0.05, 0) is 61.4 Å². The molecule has 3 aromatic rings. The molecule has 0 saturated heterocycles. The molecule has 2 aromatic carbocycles. The zero-order valence-electron chi connectivity index (χ0n) is 20.6. The Morgan fingerprint density at radius 2 is 1.82 bits per heavy atom. The van der Waals surface area contributed by atoms with Crippen molar-refractivity contribution in [3.8, 4) is 11.5 Å². The molecule has 3 fully saturated rings. The third kappa shape index (κ3) is 4.58. The molecule has 3 saturated carbocycles. The lowest BCUT2D eigenvalue weighted by Gasteiger charge is -2.56. The number of aliphatic hydroxyl groups excluding tert-OH is 1. The molecule has 7 rings (SSSR count). The van der Waals surface area contributed by atoms with Crippen molar-refractivity contribution in [2.75, 3.05) is 13.2 Å². The van der Waals surface area contributed by atoms with E-state index in [0.717, 1.165) is 11.1 Å². The van der Waals surface area contributed by atoms with Crippen molar-refractivity contribution in [1.82, 2.24) is 20.8 Å². The number of hydrogen-bond acceptors (Lipinski definition) is 7. The number of fused-ring (bicyclic) bond motifs is 5. The highest BCUT2D eigenvalue weighted by molar-refractivity contribution is 5.85. The Kier molecular flexibility index (Phi) is 6.02. The predicted molar refractivity (Wildman–Crippen MR) is 136 cm³/mol. The van der Waals surface area contributed by atoms with Crippen molar-refractivity contribution < 1.29 is 28.6 Å². The van der Waals surface area contributed by atoms with Crippen molar-refractivity contribution in [2.24, 2.45) is 4.99 Å². The predicted octanol–water partition coefficient (Wildman–Crippen LogP) is 2.14. The summed E-state index contributed by atoms with van der Waals surface area (Å²) in [6.07, 6.45) is 4.97. The third-order valence-electron chi connectivity index (χ3n) is 7.94. The van der Waals surface area contributed by atoms with Crippen LogP contribution in [0, 0.1) is 5.82 Å². The van der Waals surface area contributed by atoms with Gasteiger partial charge in [0.1, 0.15) is 17.3 Å². The molecule has 4 aliphatic rings. The van der Waals surface area contributed by atoms with E-state index < -0.39 is 23.0 Å². The van der Waals surface area contributed by atoms with Gasteiger partial charge < -0.3 is 25.2 Å². The molecule has 38 heavy (non-hydrogen) atoms. The second-order valence-electron chi connectivity index (χ2n) is 10.4. The van der Waals surface area contributed by atoms with Crippen LogP contribution < -0.4 is 20.1 Å². The van der Waals surface area contributed by atoms with Crippen LogP contribution in [0.3, 0.4) is 0 Å². The summed E-state index contributed by atoms with van der Waals surface area (Å²) in [7, 11) is 0. The molecule has 2 heterocycles. The van der Waals surface area contributed by atoms with Crippen LogP contribution in [0.2, 0.25) is 0 Å². The molecular formula is C27H28FN5O5. The van der Waals surface area contributed by atoms with E-state index in [9.17, 15) is 19.1 Å². The maximum absolute atomic E-state index is 14.1. The maximum Gasteiger partial charge on any atom is 0.258 e. The fraction of sp³-hybridized carbons (Fsp3) is 0.407. The molecular weight excluding hydrogens is 493 g/mol. The molecule has 1 aliphatic heterocycles. The fourth-order valence-corrected chi connectivity index (χ4v) is 5.85. The average Bonchev–Trinajstić information content (AvgIpc) is 3.57. The fourth-order valence-electron chi connectivity index (χ4n) is 5.85. The SMILES string of the molecule is O=C(COc1cc(F)c2cn[nH]c2c1)NC12CCC(NC(=O)COc3ccc4c(c3)CN=C4)(CC1)[C@@H](O)C2. The van der Waals surface area contributed by atoms with Gasteiger partial charge in [-0.3, -0.25) is 19.7 Å². The summed E-state index contributed by atoms with van der Waals surface area (Å²) in [6, 6.07) is 8.41. The number of aromatic amines is 1. The number of aliphatic imine (C=N–C) groups is 1. The molecule has 2 bridgehead atoms. The van der Waals surface area contributed by atoms with Crippen molar-refractivity contribution >= 4 is 28.9 Å². The van der Waals surface area contributed by atoms with Gasteiger partial charge in [0.2, 0.25) is 0 Å². The number of benzene rings is 2. The molecule has 0 radical (unpaired) electrons. The highest BCUT2D eigenvalue weighted by Gasteiger charge is 2.55. The van der Waals surface area contributed by atoms with Crippen molar-refractivity contribution in [2.45, 2.75) is 55.8 Å². The number of aliphatic hydroxyl groups is 1. The Bertz CT molecular complexity index is 1430. The molecule has 1 aromatic heterocycles. The minimum atomic E-state index is -0.816. The number of H-pyrrole nitrogens is 1. The Morgan fingerprint density at radius 1 is 1.05 bits per heavy atom. The number of carbonyl (C=O) groups excluding carboxylic acids is 2. The van der Waals surface area contributed by atoms with E-state index in [4.69, 9.17) is 9.47 Å². The standard InChI is InChI=1S/C27H28FN5O5/c28-21-8-19(9-22-20(21)13-30-33-22)38-14-24(35)31-26-3-5-27(6-4-26,23(34)10-26)32-25(36)15-37-18-2-1-16-11-29-12-17(16)7-18/h1-2,7-9,11,13,23,34H,3-6,10,12,14-15H2,(H,30,33)(H,31,35)(H,32,36)/t23-,26?,27?/m0/s1. The van der Waals surface area contributed by atoms with E-state index in [-0.39, 0.29) is 30.8 Å². The van der Waals surface area contributed by atoms with Crippen LogP contribution in [0.15, 0.2) is 41.5 Å².